The molecule has 19 heavy (non-hydrogen) atoms. The molecule has 110 valence electrons. The average Bonchev–Trinajstić information content (AvgIpc) is 2.63. The van der Waals surface area contributed by atoms with Crippen LogP contribution in [-0.2, 0) is 18.4 Å². The number of hydrogen-bond acceptors (Lipinski definition) is 6. The number of phosphoric ester groups is 1. The topological polar surface area (TPSA) is 111 Å². The number of phosphoric acid groups is 1. The maximum Gasteiger partial charge on any atom is 0.531 e. The molecular weight excluding hydrogens is 275 g/mol. The fourth-order valence-corrected chi connectivity index (χ4v) is 2.10. The zero-order valence-corrected chi connectivity index (χ0v) is 12.3. The fraction of sp³-hybridized carbons (Fsp3) is 0.600. The van der Waals surface area contributed by atoms with Crippen LogP contribution in [-0.4, -0.2) is 34.5 Å². The van der Waals surface area contributed by atoms with Gasteiger partial charge in [-0.25, -0.2) is 4.57 Å². The second-order valence-electron chi connectivity index (χ2n) is 3.28. The number of nitrogens with one attached hydrogen (secondary N) is 1. The fourth-order valence-electron chi connectivity index (χ4n) is 0.961. The van der Waals surface area contributed by atoms with Gasteiger partial charge < -0.3 is 9.63 Å². The molecule has 0 aliphatic carbocycles. The number of carboxylic acid groups (broad SMARTS) is 1. The van der Waals surface area contributed by atoms with E-state index in [-0.39, 0.29) is 19.1 Å². The number of hydrogen-bond donors (Lipinski definition) is 2. The summed E-state index contributed by atoms with van der Waals surface area (Å²) in [6.45, 7) is 6.82. The minimum atomic E-state index is -3.51. The molecule has 9 heteroatoms. The smallest absolute Gasteiger partial charge is 0.481 e. The van der Waals surface area contributed by atoms with E-state index in [1.807, 2.05) is 6.92 Å². The number of H-pyrrole nitrogens is 1. The first kappa shape index (κ1) is 17.6. The van der Waals surface area contributed by atoms with Crippen LogP contribution in [0.25, 0.3) is 0 Å². The van der Waals surface area contributed by atoms with Crippen LogP contribution >= 0.6 is 7.82 Å². The molecule has 2 N–H and O–H groups in total. The van der Waals surface area contributed by atoms with Crippen molar-refractivity contribution in [2.45, 2.75) is 27.7 Å². The van der Waals surface area contributed by atoms with Gasteiger partial charge in [-0.05, 0) is 20.8 Å². The Labute approximate surface area is 111 Å². The normalized spacial score (nSPS) is 10.5. The van der Waals surface area contributed by atoms with E-state index in [1.165, 1.54) is 0 Å². The molecule has 0 fully saturated rings. The van der Waals surface area contributed by atoms with E-state index in [0.29, 0.717) is 0 Å². The van der Waals surface area contributed by atoms with E-state index in [2.05, 4.69) is 10.2 Å². The molecule has 0 bridgehead atoms. The summed E-state index contributed by atoms with van der Waals surface area (Å²) >= 11 is 0. The van der Waals surface area contributed by atoms with Crippen molar-refractivity contribution in [3.8, 4) is 5.88 Å². The highest BCUT2D eigenvalue weighted by Crippen LogP contribution is 2.48. The van der Waals surface area contributed by atoms with Crippen molar-refractivity contribution in [1.29, 1.82) is 0 Å². The van der Waals surface area contributed by atoms with Crippen LogP contribution in [0.1, 0.15) is 26.5 Å². The van der Waals surface area contributed by atoms with Crippen LogP contribution in [0.15, 0.2) is 6.07 Å². The minimum Gasteiger partial charge on any atom is -0.481 e. The molecule has 0 unspecified atom stereocenters. The van der Waals surface area contributed by atoms with Gasteiger partial charge in [-0.1, -0.05) is 0 Å². The summed E-state index contributed by atoms with van der Waals surface area (Å²) in [6.07, 6.45) is 0. The Kier molecular flexibility index (Phi) is 8.06. The molecule has 8 nitrogen and oxygen atoms in total. The number of aliphatic carboxylic acids is 1. The van der Waals surface area contributed by atoms with Crippen LogP contribution in [0, 0.1) is 6.92 Å². The van der Waals surface area contributed by atoms with Crippen molar-refractivity contribution in [1.82, 2.24) is 10.2 Å². The molecule has 1 heterocycles. The standard InChI is InChI=1S/C8H15N2O4P.C2H4O2/c1-4-12-15(11,13-5-2)14-8-6-7(3)9-10-8;1-2(3)4/h6H,4-5H2,1-3H3,(H,9,10);1H3,(H,3,4). The summed E-state index contributed by atoms with van der Waals surface area (Å²) in [5, 5.41) is 13.9. The largest absolute Gasteiger partial charge is 0.531 e. The Morgan fingerprint density at radius 3 is 2.21 bits per heavy atom. The third kappa shape index (κ3) is 8.36. The number of carbonyl (C=O) groups is 1. The van der Waals surface area contributed by atoms with Crippen molar-refractivity contribution in [2.24, 2.45) is 0 Å². The highest BCUT2D eigenvalue weighted by molar-refractivity contribution is 7.48. The van der Waals surface area contributed by atoms with Crippen molar-refractivity contribution in [3.05, 3.63) is 11.8 Å². The number of aromatic amines is 1. The predicted molar refractivity (Wildman–Crippen MR) is 68.1 cm³/mol. The van der Waals surface area contributed by atoms with Crippen LogP contribution in [0.4, 0.5) is 0 Å². The van der Waals surface area contributed by atoms with Gasteiger partial charge in [-0.15, -0.1) is 5.10 Å². The summed E-state index contributed by atoms with van der Waals surface area (Å²) in [6, 6.07) is 1.62. The molecule has 0 aliphatic heterocycles. The summed E-state index contributed by atoms with van der Waals surface area (Å²) in [4.78, 5) is 9.00. The number of aromatic nitrogens is 2. The lowest BCUT2D eigenvalue weighted by atomic mass is 10.5. The van der Waals surface area contributed by atoms with E-state index in [9.17, 15) is 4.57 Å². The van der Waals surface area contributed by atoms with Gasteiger partial charge in [-0.3, -0.25) is 18.9 Å². The van der Waals surface area contributed by atoms with Gasteiger partial charge >= 0.3 is 7.82 Å². The maximum atomic E-state index is 11.9. The van der Waals surface area contributed by atoms with Crippen LogP contribution in [0.3, 0.4) is 0 Å². The van der Waals surface area contributed by atoms with E-state index in [1.54, 1.807) is 19.9 Å². The summed E-state index contributed by atoms with van der Waals surface area (Å²) in [7, 11) is -3.51. The van der Waals surface area contributed by atoms with Crippen molar-refractivity contribution < 1.29 is 28.0 Å². The minimum absolute atomic E-state index is 0.206. The number of nitrogens with zero attached hydrogens (tertiary/aromatic N) is 1. The van der Waals surface area contributed by atoms with E-state index < -0.39 is 13.8 Å². The first-order valence-electron chi connectivity index (χ1n) is 5.63. The SMILES string of the molecule is CC(=O)O.CCOP(=O)(OCC)Oc1cc(C)[nH]n1. The Morgan fingerprint density at radius 2 is 1.89 bits per heavy atom. The summed E-state index contributed by atoms with van der Waals surface area (Å²) in [5.74, 6) is -0.627. The van der Waals surface area contributed by atoms with Crippen LogP contribution < -0.4 is 4.52 Å². The number of rotatable bonds is 6. The molecule has 1 rings (SSSR count). The first-order chi connectivity index (χ1) is 8.83. The average molecular weight is 294 g/mol. The van der Waals surface area contributed by atoms with E-state index >= 15 is 0 Å². The Balaban J connectivity index is 0.000000711. The molecule has 0 amide bonds. The van der Waals surface area contributed by atoms with E-state index in [4.69, 9.17) is 23.5 Å². The quantitative estimate of drug-likeness (QED) is 0.775. The van der Waals surface area contributed by atoms with Gasteiger partial charge in [0.2, 0.25) is 5.88 Å². The molecule has 0 aromatic carbocycles. The lowest BCUT2D eigenvalue weighted by molar-refractivity contribution is -0.134. The van der Waals surface area contributed by atoms with Crippen LogP contribution in [0.5, 0.6) is 5.88 Å². The van der Waals surface area contributed by atoms with Gasteiger partial charge in [0.25, 0.3) is 5.97 Å². The second-order valence-corrected chi connectivity index (χ2v) is 4.88. The Morgan fingerprint density at radius 1 is 1.42 bits per heavy atom. The number of carboxylic acids is 1. The molecular formula is C10H19N2O6P. The van der Waals surface area contributed by atoms with Crippen molar-refractivity contribution in [3.63, 3.8) is 0 Å². The molecule has 0 radical (unpaired) electrons. The zero-order chi connectivity index (χ0) is 14.9. The Hall–Kier alpha value is -1.37. The Bertz CT molecular complexity index is 419. The lowest BCUT2D eigenvalue weighted by Gasteiger charge is -2.14. The first-order valence-corrected chi connectivity index (χ1v) is 7.09. The lowest BCUT2D eigenvalue weighted by Crippen LogP contribution is -2.02. The molecule has 1 aromatic rings. The van der Waals surface area contributed by atoms with Gasteiger partial charge in [0.1, 0.15) is 0 Å². The molecule has 1 aromatic heterocycles. The third-order valence-corrected chi connectivity index (χ3v) is 3.02. The summed E-state index contributed by atoms with van der Waals surface area (Å²) < 4.78 is 26.8. The van der Waals surface area contributed by atoms with E-state index in [0.717, 1.165) is 12.6 Å². The van der Waals surface area contributed by atoms with Gasteiger partial charge in [0.15, 0.2) is 0 Å². The highest BCUT2D eigenvalue weighted by atomic mass is 31.2. The zero-order valence-electron chi connectivity index (χ0n) is 11.4. The maximum absolute atomic E-state index is 11.9. The molecule has 0 saturated carbocycles. The molecule has 0 aliphatic rings. The molecule has 0 atom stereocenters. The van der Waals surface area contributed by atoms with Crippen molar-refractivity contribution in [2.75, 3.05) is 13.2 Å². The van der Waals surface area contributed by atoms with Crippen molar-refractivity contribution >= 4 is 13.8 Å². The van der Waals surface area contributed by atoms with Gasteiger partial charge in [0, 0.05) is 18.7 Å². The van der Waals surface area contributed by atoms with Gasteiger partial charge in [0.05, 0.1) is 13.2 Å². The predicted octanol–water partition coefficient (Wildman–Crippen LogP) is 2.37. The molecule has 0 saturated heterocycles. The number of aryl methyl sites for hydroxylation is 1. The summed E-state index contributed by atoms with van der Waals surface area (Å²) in [5.41, 5.74) is 0.810. The highest BCUT2D eigenvalue weighted by Gasteiger charge is 2.28. The van der Waals surface area contributed by atoms with Crippen LogP contribution in [0.2, 0.25) is 0 Å². The monoisotopic (exact) mass is 294 g/mol. The third-order valence-electron chi connectivity index (χ3n) is 1.46. The molecule has 0 spiro atoms. The van der Waals surface area contributed by atoms with Gasteiger partial charge in [-0.2, -0.15) is 0 Å². The second kappa shape index (κ2) is 8.68.